The van der Waals surface area contributed by atoms with Gasteiger partial charge in [0.05, 0.1) is 6.61 Å². The van der Waals surface area contributed by atoms with Gasteiger partial charge in [0, 0.05) is 6.42 Å². The van der Waals surface area contributed by atoms with Crippen molar-refractivity contribution >= 4 is 18.4 Å². The van der Waals surface area contributed by atoms with Crippen LogP contribution in [0.2, 0.25) is 0 Å². The lowest BCUT2D eigenvalue weighted by Crippen LogP contribution is -2.53. The molecule has 0 radical (unpaired) electrons. The molecule has 2 unspecified atom stereocenters. The standard InChI is InChI=1S/C10H17NO2.ClH/c1-2-13-10(12)4-9-7-3-8(9)6-11-5-7;/h7-9,11H,2-6H2,1H3;1H. The van der Waals surface area contributed by atoms with Gasteiger partial charge in [-0.2, -0.15) is 0 Å². The topological polar surface area (TPSA) is 38.3 Å². The average molecular weight is 220 g/mol. The van der Waals surface area contributed by atoms with E-state index in [0.29, 0.717) is 18.9 Å². The number of hydrogen-bond acceptors (Lipinski definition) is 3. The largest absolute Gasteiger partial charge is 0.466 e. The first kappa shape index (κ1) is 11.8. The van der Waals surface area contributed by atoms with Crippen LogP contribution in [0.1, 0.15) is 19.8 Å². The molecule has 4 heteroatoms. The van der Waals surface area contributed by atoms with Crippen molar-refractivity contribution in [1.29, 1.82) is 0 Å². The number of fused-ring (bicyclic) bond motifs is 2. The van der Waals surface area contributed by atoms with Crippen LogP contribution < -0.4 is 5.32 Å². The third-order valence-corrected chi connectivity index (χ3v) is 3.34. The lowest BCUT2D eigenvalue weighted by molar-refractivity contribution is -0.147. The van der Waals surface area contributed by atoms with Crippen LogP contribution in [0.15, 0.2) is 0 Å². The van der Waals surface area contributed by atoms with Crippen LogP contribution in [-0.2, 0) is 9.53 Å². The van der Waals surface area contributed by atoms with Gasteiger partial charge in [0.2, 0.25) is 0 Å². The minimum absolute atomic E-state index is 0. The number of carbonyl (C=O) groups is 1. The summed E-state index contributed by atoms with van der Waals surface area (Å²) in [5.41, 5.74) is 0. The molecule has 0 aromatic carbocycles. The Balaban J connectivity index is 0.000000980. The normalized spacial score (nSPS) is 33.9. The summed E-state index contributed by atoms with van der Waals surface area (Å²) in [6.45, 7) is 4.57. The summed E-state index contributed by atoms with van der Waals surface area (Å²) < 4.78 is 4.95. The molecular formula is C10H18ClNO2. The Bertz CT molecular complexity index is 196. The van der Waals surface area contributed by atoms with Gasteiger partial charge in [0.25, 0.3) is 0 Å². The van der Waals surface area contributed by atoms with Crippen LogP contribution in [0.4, 0.5) is 0 Å². The van der Waals surface area contributed by atoms with E-state index in [4.69, 9.17) is 4.74 Å². The number of rotatable bonds is 3. The number of esters is 1. The molecule has 1 N–H and O–H groups in total. The molecule has 0 amide bonds. The number of ether oxygens (including phenoxy) is 1. The molecule has 14 heavy (non-hydrogen) atoms. The van der Waals surface area contributed by atoms with Crippen molar-refractivity contribution in [2.45, 2.75) is 19.8 Å². The molecule has 0 aromatic heterocycles. The van der Waals surface area contributed by atoms with E-state index in [0.717, 1.165) is 24.9 Å². The zero-order chi connectivity index (χ0) is 9.26. The number of carbonyl (C=O) groups excluding carboxylic acids is 1. The van der Waals surface area contributed by atoms with Gasteiger partial charge >= 0.3 is 5.97 Å². The van der Waals surface area contributed by atoms with Crippen molar-refractivity contribution < 1.29 is 9.53 Å². The van der Waals surface area contributed by atoms with Crippen molar-refractivity contribution in [3.63, 3.8) is 0 Å². The number of halogens is 1. The van der Waals surface area contributed by atoms with Crippen molar-refractivity contribution in [1.82, 2.24) is 5.32 Å². The summed E-state index contributed by atoms with van der Waals surface area (Å²) >= 11 is 0. The highest BCUT2D eigenvalue weighted by Gasteiger charge is 2.44. The SMILES string of the molecule is CCOC(=O)CC1C2CNCC1C2.Cl. The van der Waals surface area contributed by atoms with E-state index in [1.165, 1.54) is 6.42 Å². The Kier molecular flexibility index (Phi) is 4.20. The minimum atomic E-state index is -0.0101. The van der Waals surface area contributed by atoms with Gasteiger partial charge < -0.3 is 10.1 Å². The monoisotopic (exact) mass is 219 g/mol. The zero-order valence-corrected chi connectivity index (χ0v) is 9.31. The second kappa shape index (κ2) is 4.99. The van der Waals surface area contributed by atoms with E-state index in [2.05, 4.69) is 5.32 Å². The quantitative estimate of drug-likeness (QED) is 0.726. The molecule has 3 fully saturated rings. The Morgan fingerprint density at radius 3 is 2.57 bits per heavy atom. The fourth-order valence-corrected chi connectivity index (χ4v) is 2.60. The lowest BCUT2D eigenvalue weighted by Gasteiger charge is -2.49. The summed E-state index contributed by atoms with van der Waals surface area (Å²) in [5, 5.41) is 3.37. The van der Waals surface area contributed by atoms with Gasteiger partial charge in [-0.05, 0) is 44.2 Å². The maximum absolute atomic E-state index is 11.2. The van der Waals surface area contributed by atoms with E-state index in [-0.39, 0.29) is 18.4 Å². The van der Waals surface area contributed by atoms with E-state index >= 15 is 0 Å². The van der Waals surface area contributed by atoms with E-state index in [1.54, 1.807) is 0 Å². The fraction of sp³-hybridized carbons (Fsp3) is 0.900. The van der Waals surface area contributed by atoms with Crippen LogP contribution in [-0.4, -0.2) is 25.7 Å². The maximum atomic E-state index is 11.2. The Morgan fingerprint density at radius 1 is 1.43 bits per heavy atom. The van der Waals surface area contributed by atoms with Crippen LogP contribution in [0.25, 0.3) is 0 Å². The predicted octanol–water partition coefficient (Wildman–Crippen LogP) is 1.22. The zero-order valence-electron chi connectivity index (χ0n) is 8.49. The first-order valence-electron chi connectivity index (χ1n) is 5.17. The maximum Gasteiger partial charge on any atom is 0.306 e. The van der Waals surface area contributed by atoms with Crippen molar-refractivity contribution in [3.05, 3.63) is 0 Å². The minimum Gasteiger partial charge on any atom is -0.466 e. The summed E-state index contributed by atoms with van der Waals surface area (Å²) in [6.07, 6.45) is 1.96. The average Bonchev–Trinajstić information content (AvgIpc) is 2.16. The molecule has 1 aliphatic carbocycles. The smallest absolute Gasteiger partial charge is 0.306 e. The van der Waals surface area contributed by atoms with Gasteiger partial charge in [0.1, 0.15) is 0 Å². The molecule has 2 heterocycles. The van der Waals surface area contributed by atoms with Gasteiger partial charge in [0.15, 0.2) is 0 Å². The Labute approximate surface area is 91.0 Å². The van der Waals surface area contributed by atoms with Crippen LogP contribution in [0.5, 0.6) is 0 Å². The van der Waals surface area contributed by atoms with Crippen LogP contribution in [0, 0.1) is 17.8 Å². The number of piperidine rings is 2. The van der Waals surface area contributed by atoms with Gasteiger partial charge in [-0.25, -0.2) is 0 Å². The molecular weight excluding hydrogens is 202 g/mol. The molecule has 1 saturated carbocycles. The fourth-order valence-electron chi connectivity index (χ4n) is 2.60. The molecule has 0 spiro atoms. The highest BCUT2D eigenvalue weighted by atomic mass is 35.5. The molecule has 3 rings (SSSR count). The highest BCUT2D eigenvalue weighted by Crippen LogP contribution is 2.44. The van der Waals surface area contributed by atoms with Gasteiger partial charge in [-0.3, -0.25) is 4.79 Å². The third-order valence-electron chi connectivity index (χ3n) is 3.34. The molecule has 82 valence electrons. The number of hydrogen-bond donors (Lipinski definition) is 1. The summed E-state index contributed by atoms with van der Waals surface area (Å²) in [7, 11) is 0. The molecule has 2 atom stereocenters. The van der Waals surface area contributed by atoms with Crippen LogP contribution in [0.3, 0.4) is 0 Å². The third kappa shape index (κ3) is 2.20. The second-order valence-corrected chi connectivity index (χ2v) is 4.09. The van der Waals surface area contributed by atoms with Gasteiger partial charge in [-0.15, -0.1) is 12.4 Å². The summed E-state index contributed by atoms with van der Waals surface area (Å²) in [5.74, 6) is 2.08. The summed E-state index contributed by atoms with van der Waals surface area (Å²) in [6, 6.07) is 0. The molecule has 0 aromatic rings. The molecule has 3 nitrogen and oxygen atoms in total. The first-order chi connectivity index (χ1) is 6.31. The van der Waals surface area contributed by atoms with Gasteiger partial charge in [-0.1, -0.05) is 0 Å². The molecule has 3 aliphatic rings. The Hall–Kier alpha value is -0.280. The predicted molar refractivity (Wildman–Crippen MR) is 56.5 cm³/mol. The first-order valence-corrected chi connectivity index (χ1v) is 5.17. The second-order valence-electron chi connectivity index (χ2n) is 4.09. The van der Waals surface area contributed by atoms with Crippen molar-refractivity contribution in [2.24, 2.45) is 17.8 Å². The van der Waals surface area contributed by atoms with E-state index in [9.17, 15) is 4.79 Å². The molecule has 2 aliphatic heterocycles. The summed E-state index contributed by atoms with van der Waals surface area (Å²) in [4.78, 5) is 11.2. The Morgan fingerprint density at radius 2 is 2.07 bits per heavy atom. The highest BCUT2D eigenvalue weighted by molar-refractivity contribution is 5.85. The van der Waals surface area contributed by atoms with E-state index < -0.39 is 0 Å². The van der Waals surface area contributed by atoms with Crippen molar-refractivity contribution in [3.8, 4) is 0 Å². The molecule has 2 bridgehead atoms. The molecule has 2 saturated heterocycles. The van der Waals surface area contributed by atoms with E-state index in [1.807, 2.05) is 6.92 Å². The number of nitrogens with one attached hydrogen (secondary N) is 1. The van der Waals surface area contributed by atoms with Crippen LogP contribution >= 0.6 is 12.4 Å². The lowest BCUT2D eigenvalue weighted by atomic mass is 9.61. The van der Waals surface area contributed by atoms with Crippen molar-refractivity contribution in [2.75, 3.05) is 19.7 Å².